The molecular formula is C45H47N7O5S. The number of rotatable bonds is 17. The van der Waals surface area contributed by atoms with E-state index >= 15 is 0 Å². The maximum atomic E-state index is 12.7. The van der Waals surface area contributed by atoms with Crippen LogP contribution in [0.3, 0.4) is 0 Å². The fourth-order valence-electron chi connectivity index (χ4n) is 6.78. The molecule has 2 amide bonds. The van der Waals surface area contributed by atoms with Crippen molar-refractivity contribution >= 4 is 35.0 Å². The molecule has 13 heteroatoms. The predicted octanol–water partition coefficient (Wildman–Crippen LogP) is 7.95. The number of aliphatic hydroxyl groups is 1. The Balaban J connectivity index is 0.953. The third-order valence-electron chi connectivity index (χ3n) is 9.91. The average Bonchev–Trinajstić information content (AvgIpc) is 3.75. The second-order valence-corrected chi connectivity index (χ2v) is 15.2. The van der Waals surface area contributed by atoms with E-state index in [4.69, 9.17) is 15.2 Å². The number of nitrogens with one attached hydrogen (secondary N) is 2. The first-order chi connectivity index (χ1) is 28.4. The number of unbranched alkanes of at least 4 members (excludes halogenated alkanes) is 2. The van der Waals surface area contributed by atoms with E-state index in [1.807, 2.05) is 91.0 Å². The lowest BCUT2D eigenvalue weighted by atomic mass is 9.99. The number of nitrogens with two attached hydrogens (primary N) is 1. The first-order valence-electron chi connectivity index (χ1n) is 19.5. The number of aromatic nitrogens is 4. The third kappa shape index (κ3) is 11.0. The van der Waals surface area contributed by atoms with Gasteiger partial charge in [0.2, 0.25) is 17.0 Å². The highest BCUT2D eigenvalue weighted by atomic mass is 32.2. The minimum atomic E-state index is -0.633. The van der Waals surface area contributed by atoms with Crippen molar-refractivity contribution in [3.8, 4) is 16.8 Å². The number of tetrazole rings is 1. The molecule has 12 nitrogen and oxygen atoms in total. The van der Waals surface area contributed by atoms with Crippen LogP contribution in [0.25, 0.3) is 16.8 Å². The fraction of sp³-hybridized carbons (Fsp3) is 0.267. The first-order valence-corrected chi connectivity index (χ1v) is 20.5. The molecule has 58 heavy (non-hydrogen) atoms. The van der Waals surface area contributed by atoms with Crippen molar-refractivity contribution in [2.75, 3.05) is 16.8 Å². The Morgan fingerprint density at radius 3 is 2.31 bits per heavy atom. The number of nitrogens with zero attached hydrogens (tertiary/aromatic N) is 4. The van der Waals surface area contributed by atoms with Crippen molar-refractivity contribution in [1.82, 2.24) is 25.5 Å². The van der Waals surface area contributed by atoms with Gasteiger partial charge >= 0.3 is 0 Å². The van der Waals surface area contributed by atoms with Crippen LogP contribution < -0.4 is 16.4 Å². The van der Waals surface area contributed by atoms with E-state index in [0.717, 1.165) is 45.5 Å². The van der Waals surface area contributed by atoms with Crippen LogP contribution in [-0.4, -0.2) is 49.0 Å². The van der Waals surface area contributed by atoms with Crippen LogP contribution in [0.4, 0.5) is 11.4 Å². The van der Waals surface area contributed by atoms with Gasteiger partial charge < -0.3 is 30.9 Å². The monoisotopic (exact) mass is 797 g/mol. The van der Waals surface area contributed by atoms with E-state index < -0.39 is 6.29 Å². The number of hydrogen-bond acceptors (Lipinski definition) is 10. The maximum absolute atomic E-state index is 12.7. The van der Waals surface area contributed by atoms with Gasteiger partial charge in [-0.1, -0.05) is 109 Å². The van der Waals surface area contributed by atoms with Gasteiger partial charge in [-0.25, -0.2) is 0 Å². The summed E-state index contributed by atoms with van der Waals surface area (Å²) in [5.41, 5.74) is 13.7. The number of amides is 2. The van der Waals surface area contributed by atoms with Gasteiger partial charge in [-0.3, -0.25) is 9.59 Å². The molecule has 5 aromatic carbocycles. The first kappa shape index (κ1) is 40.3. The molecule has 1 aliphatic heterocycles. The Labute approximate surface area is 342 Å². The summed E-state index contributed by atoms with van der Waals surface area (Å²) in [4.78, 5) is 25.0. The minimum Gasteiger partial charge on any atom is -0.397 e. The number of hydrogen-bond donors (Lipinski definition) is 4. The van der Waals surface area contributed by atoms with E-state index in [9.17, 15) is 14.7 Å². The van der Waals surface area contributed by atoms with Crippen LogP contribution in [0.2, 0.25) is 0 Å². The number of carbonyl (C=O) groups is 2. The van der Waals surface area contributed by atoms with E-state index in [2.05, 4.69) is 50.4 Å². The second kappa shape index (κ2) is 20.0. The lowest BCUT2D eigenvalue weighted by Gasteiger charge is -2.36. The Morgan fingerprint density at radius 2 is 1.52 bits per heavy atom. The summed E-state index contributed by atoms with van der Waals surface area (Å²) in [6, 6.07) is 41.1. The Kier molecular flexibility index (Phi) is 13.9. The summed E-state index contributed by atoms with van der Waals surface area (Å²) < 4.78 is 15.0. The molecule has 6 aromatic rings. The summed E-state index contributed by atoms with van der Waals surface area (Å²) in [6.07, 6.45) is 2.52. The van der Waals surface area contributed by atoms with E-state index in [-0.39, 0.29) is 30.6 Å². The van der Waals surface area contributed by atoms with Crippen molar-refractivity contribution in [3.05, 3.63) is 150 Å². The van der Waals surface area contributed by atoms with Crippen LogP contribution in [0.1, 0.15) is 73.2 Å². The Morgan fingerprint density at radius 1 is 0.776 bits per heavy atom. The van der Waals surface area contributed by atoms with Gasteiger partial charge in [0.05, 0.1) is 35.9 Å². The molecule has 1 aliphatic rings. The molecule has 0 saturated carbocycles. The molecule has 7 rings (SSSR count). The van der Waals surface area contributed by atoms with E-state index in [1.165, 1.54) is 11.8 Å². The summed E-state index contributed by atoms with van der Waals surface area (Å²) >= 11 is 1.54. The molecule has 0 aliphatic carbocycles. The zero-order valence-corrected chi connectivity index (χ0v) is 32.9. The number of ether oxygens (including phenoxy) is 2. The van der Waals surface area contributed by atoms with Gasteiger partial charge in [-0.15, -0.1) is 5.10 Å². The maximum Gasteiger partial charge on any atom is 0.224 e. The minimum absolute atomic E-state index is 0.0228. The Bertz CT molecular complexity index is 2270. The third-order valence-corrected chi connectivity index (χ3v) is 11.0. The molecule has 0 unspecified atom stereocenters. The second-order valence-electron chi connectivity index (χ2n) is 14.2. The molecule has 0 bridgehead atoms. The number of nitrogen functional groups attached to an aromatic ring is 1. The molecule has 1 saturated heterocycles. The van der Waals surface area contributed by atoms with Gasteiger partial charge in [-0.2, -0.15) is 4.68 Å². The molecule has 2 heterocycles. The standard InChI is InChI=1S/C45H47N7O5S/c46-39-17-7-8-18-40(39)48-43(55)20-6-2-5-19-42(54)47-28-32-11-9-12-34(25-32)35-13-10-14-36(26-35)44-56-38(27-41(57-44)33-23-21-31(29-53)22-24-33)30-58-45-49-50-51-52(45)37-15-3-1-4-16-37/h1,3-4,7-18,21-26,38,41,44,53H,2,5-6,19-20,27-30,46H2,(H,47,54)(H,48,55)/t38-,41+,44+/m0/s1. The van der Waals surface area contributed by atoms with Crippen LogP contribution in [0.5, 0.6) is 0 Å². The molecule has 0 spiro atoms. The van der Waals surface area contributed by atoms with Crippen molar-refractivity contribution in [2.45, 2.75) is 75.3 Å². The van der Waals surface area contributed by atoms with Crippen LogP contribution in [0.15, 0.2) is 133 Å². The molecule has 3 atom stereocenters. The van der Waals surface area contributed by atoms with Crippen molar-refractivity contribution < 1.29 is 24.2 Å². The van der Waals surface area contributed by atoms with Crippen LogP contribution >= 0.6 is 11.8 Å². The number of anilines is 2. The number of benzene rings is 5. The summed E-state index contributed by atoms with van der Waals surface area (Å²) in [7, 11) is 0. The number of carbonyl (C=O) groups excluding carboxylic acids is 2. The van der Waals surface area contributed by atoms with Gasteiger partial charge in [0, 0.05) is 37.1 Å². The largest absolute Gasteiger partial charge is 0.397 e. The SMILES string of the molecule is Nc1ccccc1NC(=O)CCCCCC(=O)NCc1cccc(-c2cccc([C@@H]3O[C@H](CSc4nnnn4-c4ccccc4)C[C@H](c4ccc(CO)cc4)O3)c2)c1. The smallest absolute Gasteiger partial charge is 0.224 e. The molecule has 1 aromatic heterocycles. The van der Waals surface area contributed by atoms with Gasteiger partial charge in [-0.05, 0) is 87.5 Å². The normalized spacial score (nSPS) is 16.5. The van der Waals surface area contributed by atoms with Crippen molar-refractivity contribution in [2.24, 2.45) is 0 Å². The summed E-state index contributed by atoms with van der Waals surface area (Å²) in [5.74, 6) is 0.498. The molecule has 5 N–H and O–H groups in total. The molecule has 0 radical (unpaired) electrons. The quantitative estimate of drug-likeness (QED) is 0.0404. The van der Waals surface area contributed by atoms with E-state index in [1.54, 1.807) is 16.8 Å². The van der Waals surface area contributed by atoms with Gasteiger partial charge in [0.1, 0.15) is 0 Å². The fourth-order valence-corrected chi connectivity index (χ4v) is 7.68. The number of thioether (sulfide) groups is 1. The molecule has 298 valence electrons. The number of aliphatic hydroxyl groups excluding tert-OH is 1. The Hall–Kier alpha value is -5.86. The highest BCUT2D eigenvalue weighted by Crippen LogP contribution is 2.40. The highest BCUT2D eigenvalue weighted by Gasteiger charge is 2.33. The van der Waals surface area contributed by atoms with Crippen molar-refractivity contribution in [1.29, 1.82) is 0 Å². The zero-order chi connectivity index (χ0) is 40.1. The predicted molar refractivity (Wildman–Crippen MR) is 225 cm³/mol. The van der Waals surface area contributed by atoms with Crippen molar-refractivity contribution in [3.63, 3.8) is 0 Å². The van der Waals surface area contributed by atoms with Crippen LogP contribution in [0, 0.1) is 0 Å². The zero-order valence-electron chi connectivity index (χ0n) is 32.1. The van der Waals surface area contributed by atoms with Crippen LogP contribution in [-0.2, 0) is 32.2 Å². The van der Waals surface area contributed by atoms with Gasteiger partial charge in [0.15, 0.2) is 6.29 Å². The lowest BCUT2D eigenvalue weighted by molar-refractivity contribution is -0.245. The topological polar surface area (TPSA) is 167 Å². The number of para-hydroxylation sites is 3. The molecule has 1 fully saturated rings. The average molecular weight is 798 g/mol. The highest BCUT2D eigenvalue weighted by molar-refractivity contribution is 7.99. The summed E-state index contributed by atoms with van der Waals surface area (Å²) in [5, 5.41) is 28.6. The van der Waals surface area contributed by atoms with Gasteiger partial charge in [0.25, 0.3) is 0 Å². The molecular weight excluding hydrogens is 751 g/mol. The summed E-state index contributed by atoms with van der Waals surface area (Å²) in [6.45, 7) is 0.384. The van der Waals surface area contributed by atoms with E-state index in [0.29, 0.717) is 60.9 Å². The lowest BCUT2D eigenvalue weighted by Crippen LogP contribution is -2.31.